The lowest BCUT2D eigenvalue weighted by Gasteiger charge is -2.07. The van der Waals surface area contributed by atoms with Crippen LogP contribution in [0.15, 0.2) is 24.5 Å². The van der Waals surface area contributed by atoms with E-state index in [2.05, 4.69) is 15.6 Å². The summed E-state index contributed by atoms with van der Waals surface area (Å²) in [5.74, 6) is -2.06. The van der Waals surface area contributed by atoms with Crippen molar-refractivity contribution >= 4 is 34.1 Å². The molecule has 0 fully saturated rings. The van der Waals surface area contributed by atoms with Crippen molar-refractivity contribution in [2.45, 2.75) is 25.8 Å². The largest absolute Gasteiger partial charge is 0.465 e. The summed E-state index contributed by atoms with van der Waals surface area (Å²) in [7, 11) is 1.30. The molecule has 0 radical (unpaired) electrons. The van der Waals surface area contributed by atoms with Crippen molar-refractivity contribution < 1.29 is 19.1 Å². The van der Waals surface area contributed by atoms with E-state index < -0.39 is 17.8 Å². The van der Waals surface area contributed by atoms with E-state index in [9.17, 15) is 14.4 Å². The first-order valence-electron chi connectivity index (χ1n) is 7.81. The minimum Gasteiger partial charge on any atom is -0.465 e. The molecule has 130 valence electrons. The van der Waals surface area contributed by atoms with E-state index in [4.69, 9.17) is 4.74 Å². The SMILES string of the molecule is COC(=O)c1c(NC(=O)C(=O)NCc2ccncc2)sc2c1CCC2. The second-order valence-corrected chi connectivity index (χ2v) is 6.65. The zero-order valence-corrected chi connectivity index (χ0v) is 14.4. The number of esters is 1. The molecule has 2 aromatic rings. The third-order valence-corrected chi connectivity index (χ3v) is 5.15. The monoisotopic (exact) mass is 359 g/mol. The number of nitrogens with zero attached hydrogens (tertiary/aromatic N) is 1. The Kier molecular flexibility index (Phi) is 5.08. The maximum absolute atomic E-state index is 12.1. The van der Waals surface area contributed by atoms with Crippen LogP contribution in [0.5, 0.6) is 0 Å². The molecule has 2 aromatic heterocycles. The lowest BCUT2D eigenvalue weighted by Crippen LogP contribution is -2.35. The van der Waals surface area contributed by atoms with Gasteiger partial charge >= 0.3 is 17.8 Å². The van der Waals surface area contributed by atoms with Crippen molar-refractivity contribution in [3.8, 4) is 0 Å². The highest BCUT2D eigenvalue weighted by molar-refractivity contribution is 7.17. The van der Waals surface area contributed by atoms with E-state index in [1.54, 1.807) is 24.5 Å². The molecule has 2 N–H and O–H groups in total. The Morgan fingerprint density at radius 3 is 2.68 bits per heavy atom. The number of anilines is 1. The fourth-order valence-electron chi connectivity index (χ4n) is 2.73. The number of nitrogens with one attached hydrogen (secondary N) is 2. The minimum atomic E-state index is -0.806. The van der Waals surface area contributed by atoms with Crippen molar-refractivity contribution in [1.82, 2.24) is 10.3 Å². The number of ether oxygens (including phenoxy) is 1. The maximum atomic E-state index is 12.1. The molecule has 0 unspecified atom stereocenters. The van der Waals surface area contributed by atoms with Crippen molar-refractivity contribution in [3.05, 3.63) is 46.1 Å². The molecule has 0 bridgehead atoms. The quantitative estimate of drug-likeness (QED) is 0.639. The van der Waals surface area contributed by atoms with Gasteiger partial charge in [-0.1, -0.05) is 0 Å². The molecule has 1 aliphatic rings. The van der Waals surface area contributed by atoms with Crippen molar-refractivity contribution in [2.24, 2.45) is 0 Å². The van der Waals surface area contributed by atoms with Crippen LogP contribution in [-0.4, -0.2) is 29.9 Å². The van der Waals surface area contributed by atoms with Gasteiger partial charge in [0.2, 0.25) is 0 Å². The smallest absolute Gasteiger partial charge is 0.341 e. The molecule has 0 spiro atoms. The Bertz CT molecular complexity index is 817. The van der Waals surface area contributed by atoms with E-state index in [0.29, 0.717) is 10.6 Å². The maximum Gasteiger partial charge on any atom is 0.341 e. The van der Waals surface area contributed by atoms with Crippen LogP contribution in [-0.2, 0) is 33.7 Å². The third kappa shape index (κ3) is 3.69. The number of rotatable bonds is 4. The molecule has 0 atom stereocenters. The van der Waals surface area contributed by atoms with Gasteiger partial charge in [0.05, 0.1) is 12.7 Å². The summed E-state index contributed by atoms with van der Waals surface area (Å²) in [6, 6.07) is 3.49. The number of fused-ring (bicyclic) bond motifs is 1. The molecule has 2 amide bonds. The van der Waals surface area contributed by atoms with Gasteiger partial charge in [0.1, 0.15) is 5.00 Å². The summed E-state index contributed by atoms with van der Waals surface area (Å²) < 4.78 is 4.82. The van der Waals surface area contributed by atoms with E-state index in [0.717, 1.165) is 35.3 Å². The highest BCUT2D eigenvalue weighted by atomic mass is 32.1. The van der Waals surface area contributed by atoms with Crippen molar-refractivity contribution in [3.63, 3.8) is 0 Å². The van der Waals surface area contributed by atoms with Gasteiger partial charge in [-0.15, -0.1) is 11.3 Å². The van der Waals surface area contributed by atoms with Crippen LogP contribution in [0.4, 0.5) is 5.00 Å². The lowest BCUT2D eigenvalue weighted by atomic mass is 10.1. The Hall–Kier alpha value is -2.74. The van der Waals surface area contributed by atoms with Crippen molar-refractivity contribution in [2.75, 3.05) is 12.4 Å². The molecule has 7 nitrogen and oxygen atoms in total. The van der Waals surface area contributed by atoms with Crippen LogP contribution in [0.25, 0.3) is 0 Å². The van der Waals surface area contributed by atoms with E-state index in [1.807, 2.05) is 0 Å². The minimum absolute atomic E-state index is 0.222. The van der Waals surface area contributed by atoms with Crippen LogP contribution in [0.2, 0.25) is 0 Å². The molecular formula is C17H17N3O4S. The molecular weight excluding hydrogens is 342 g/mol. The van der Waals surface area contributed by atoms with Gasteiger partial charge in [0.15, 0.2) is 0 Å². The molecule has 1 aliphatic carbocycles. The number of aromatic nitrogens is 1. The number of pyridine rings is 1. The number of carbonyl (C=O) groups excluding carboxylic acids is 3. The van der Waals surface area contributed by atoms with Crippen LogP contribution < -0.4 is 10.6 Å². The average Bonchev–Trinajstić information content (AvgIpc) is 3.20. The molecule has 3 rings (SSSR count). The summed E-state index contributed by atoms with van der Waals surface area (Å²) >= 11 is 1.33. The Morgan fingerprint density at radius 1 is 1.20 bits per heavy atom. The van der Waals surface area contributed by atoms with Crippen LogP contribution in [0.3, 0.4) is 0 Å². The van der Waals surface area contributed by atoms with Gasteiger partial charge < -0.3 is 15.4 Å². The number of hydrogen-bond donors (Lipinski definition) is 2. The number of thiophene rings is 1. The predicted molar refractivity (Wildman–Crippen MR) is 92.4 cm³/mol. The lowest BCUT2D eigenvalue weighted by molar-refractivity contribution is -0.136. The van der Waals surface area contributed by atoms with Crippen LogP contribution in [0, 0.1) is 0 Å². The third-order valence-electron chi connectivity index (χ3n) is 3.95. The summed E-state index contributed by atoms with van der Waals surface area (Å²) in [5.41, 5.74) is 2.13. The van der Waals surface area contributed by atoms with Gasteiger partial charge in [0.25, 0.3) is 0 Å². The van der Waals surface area contributed by atoms with Crippen LogP contribution >= 0.6 is 11.3 Å². The van der Waals surface area contributed by atoms with E-state index >= 15 is 0 Å². The molecule has 2 heterocycles. The van der Waals surface area contributed by atoms with Gasteiger partial charge in [-0.2, -0.15) is 0 Å². The Morgan fingerprint density at radius 2 is 1.96 bits per heavy atom. The van der Waals surface area contributed by atoms with Gasteiger partial charge in [-0.3, -0.25) is 14.6 Å². The second kappa shape index (κ2) is 7.43. The first kappa shape index (κ1) is 17.1. The van der Waals surface area contributed by atoms with Gasteiger partial charge in [0, 0.05) is 23.8 Å². The number of hydrogen-bond acceptors (Lipinski definition) is 6. The standard InChI is InChI=1S/C17H17N3O4S/c1-24-17(23)13-11-3-2-4-12(11)25-16(13)20-15(22)14(21)19-9-10-5-7-18-8-6-10/h5-8H,2-4,9H2,1H3,(H,19,21)(H,20,22). The molecule has 8 heteroatoms. The zero-order valence-electron chi connectivity index (χ0n) is 13.6. The number of amides is 2. The van der Waals surface area contributed by atoms with Gasteiger partial charge in [-0.05, 0) is 42.5 Å². The Balaban J connectivity index is 1.68. The fraction of sp³-hybridized carbons (Fsp3) is 0.294. The highest BCUT2D eigenvalue weighted by Gasteiger charge is 2.29. The predicted octanol–water partition coefficient (Wildman–Crippen LogP) is 1.67. The normalized spacial score (nSPS) is 12.4. The summed E-state index contributed by atoms with van der Waals surface area (Å²) in [5, 5.41) is 5.46. The molecule has 0 aliphatic heterocycles. The van der Waals surface area contributed by atoms with E-state index in [-0.39, 0.29) is 6.54 Å². The summed E-state index contributed by atoms with van der Waals surface area (Å²) in [6.07, 6.45) is 5.84. The summed E-state index contributed by atoms with van der Waals surface area (Å²) in [4.78, 5) is 41.1. The van der Waals surface area contributed by atoms with Crippen molar-refractivity contribution in [1.29, 1.82) is 0 Å². The van der Waals surface area contributed by atoms with E-state index in [1.165, 1.54) is 18.4 Å². The molecule has 0 aromatic carbocycles. The molecule has 0 saturated heterocycles. The Labute approximate surface area is 148 Å². The topological polar surface area (TPSA) is 97.4 Å². The first-order chi connectivity index (χ1) is 12.1. The number of methoxy groups -OCH3 is 1. The fourth-order valence-corrected chi connectivity index (χ4v) is 4.01. The number of carbonyl (C=O) groups is 3. The number of aryl methyl sites for hydroxylation is 1. The second-order valence-electron chi connectivity index (χ2n) is 5.55. The summed E-state index contributed by atoms with van der Waals surface area (Å²) in [6.45, 7) is 0.222. The van der Waals surface area contributed by atoms with Gasteiger partial charge in [-0.25, -0.2) is 4.79 Å². The molecule has 0 saturated carbocycles. The average molecular weight is 359 g/mol. The molecule has 25 heavy (non-hydrogen) atoms. The first-order valence-corrected chi connectivity index (χ1v) is 8.62. The zero-order chi connectivity index (χ0) is 17.8. The highest BCUT2D eigenvalue weighted by Crippen LogP contribution is 2.39. The van der Waals surface area contributed by atoms with Crippen LogP contribution in [0.1, 0.15) is 32.8 Å².